The molecule has 0 saturated carbocycles. The van der Waals surface area contributed by atoms with E-state index in [9.17, 15) is 0 Å². The van der Waals surface area contributed by atoms with Gasteiger partial charge >= 0.3 is 0 Å². The molecule has 0 aromatic heterocycles. The standard InChI is InChI=1S/CH2O3.2Ag/c2-1(3)4;;/h(H2,2,3,4);;/p-2. The van der Waals surface area contributed by atoms with Gasteiger partial charge in [-0.1, -0.05) is 0 Å². The van der Waals surface area contributed by atoms with Crippen LogP contribution in [0.4, 0.5) is 4.79 Å². The second-order valence-corrected chi connectivity index (χ2v) is 0.250. The van der Waals surface area contributed by atoms with Crippen molar-refractivity contribution < 1.29 is 59.8 Å². The number of carboxylic acid groups (broad SMARTS) is 2. The molecule has 0 aromatic rings. The minimum Gasteiger partial charge on any atom is -0.652 e. The molecule has 6 heavy (non-hydrogen) atoms. The van der Waals surface area contributed by atoms with Crippen molar-refractivity contribution in [2.45, 2.75) is 0 Å². The third-order valence-corrected chi connectivity index (χ3v) is 0. The first-order valence-electron chi connectivity index (χ1n) is 0.612. The third-order valence-electron chi connectivity index (χ3n) is 0. The molecule has 0 spiro atoms. The number of carbonyl (C=O) groups is 1. The Bertz CT molecular complexity index is 31.8. The summed E-state index contributed by atoms with van der Waals surface area (Å²) < 4.78 is 0. The average Bonchev–Trinajstić information content (AvgIpc) is 0.811. The Labute approximate surface area is 65.8 Å². The van der Waals surface area contributed by atoms with E-state index < -0.39 is 6.16 Å². The van der Waals surface area contributed by atoms with Crippen molar-refractivity contribution in [1.29, 1.82) is 0 Å². The fourth-order valence-corrected chi connectivity index (χ4v) is 0. The van der Waals surface area contributed by atoms with Crippen molar-refractivity contribution in [2.75, 3.05) is 0 Å². The van der Waals surface area contributed by atoms with Gasteiger partial charge in [0.1, 0.15) is 0 Å². The number of hydrogen-bond donors (Lipinski definition) is 0. The molecular formula is CAg2O3-2. The predicted molar refractivity (Wildman–Crippen MR) is 5.40 cm³/mol. The molecule has 5 heteroatoms. The Kier molecular flexibility index (Phi) is 24.4. The third kappa shape index (κ3) is 119. The molecule has 3 nitrogen and oxygen atoms in total. The average molecular weight is 276 g/mol. The van der Waals surface area contributed by atoms with E-state index >= 15 is 0 Å². The number of hydrogen-bond acceptors (Lipinski definition) is 3. The van der Waals surface area contributed by atoms with Gasteiger partial charge in [-0.05, 0) is 6.16 Å². The van der Waals surface area contributed by atoms with Gasteiger partial charge in [0.25, 0.3) is 0 Å². The van der Waals surface area contributed by atoms with Crippen LogP contribution in [0.3, 0.4) is 0 Å². The van der Waals surface area contributed by atoms with Crippen LogP contribution in [0.2, 0.25) is 0 Å². The van der Waals surface area contributed by atoms with Gasteiger partial charge < -0.3 is 15.0 Å². The van der Waals surface area contributed by atoms with Crippen molar-refractivity contribution in [2.24, 2.45) is 0 Å². The molecule has 0 amide bonds. The van der Waals surface area contributed by atoms with Crippen LogP contribution in [-0.2, 0) is 44.8 Å². The van der Waals surface area contributed by atoms with Crippen LogP contribution in [0.5, 0.6) is 0 Å². The van der Waals surface area contributed by atoms with Gasteiger partial charge in [0.15, 0.2) is 0 Å². The van der Waals surface area contributed by atoms with Gasteiger partial charge in [0.05, 0.1) is 0 Å². The molecule has 0 aliphatic carbocycles. The summed E-state index contributed by atoms with van der Waals surface area (Å²) in [7, 11) is 0. The Morgan fingerprint density at radius 3 is 1.17 bits per heavy atom. The number of carbonyl (C=O) groups excluding carboxylic acids is 1. The smallest absolute Gasteiger partial charge is 0 e. The van der Waals surface area contributed by atoms with Crippen LogP contribution in [0, 0.1) is 0 Å². The van der Waals surface area contributed by atoms with Crippen molar-refractivity contribution in [3.63, 3.8) is 0 Å². The SMILES string of the molecule is O=C([O-])[O-].[Ag].[Ag]. The maximum absolute atomic E-state index is 8.33. The molecule has 0 atom stereocenters. The summed E-state index contributed by atoms with van der Waals surface area (Å²) in [4.78, 5) is 8.33. The van der Waals surface area contributed by atoms with Crippen molar-refractivity contribution in [3.05, 3.63) is 0 Å². The van der Waals surface area contributed by atoms with E-state index in [0.29, 0.717) is 0 Å². The molecule has 0 rings (SSSR count). The van der Waals surface area contributed by atoms with E-state index in [1.54, 1.807) is 0 Å². The molecule has 2 radical (unpaired) electrons. The minimum absolute atomic E-state index is 0. The van der Waals surface area contributed by atoms with Gasteiger partial charge in [0, 0.05) is 44.8 Å². The maximum atomic E-state index is 8.33. The summed E-state index contributed by atoms with van der Waals surface area (Å²) in [6.45, 7) is 0. The van der Waals surface area contributed by atoms with Crippen LogP contribution in [0.25, 0.3) is 0 Å². The Morgan fingerprint density at radius 1 is 1.17 bits per heavy atom. The molecule has 0 aromatic carbocycles. The molecule has 0 heterocycles. The molecule has 0 fully saturated rings. The first-order valence-corrected chi connectivity index (χ1v) is 0.612. The van der Waals surface area contributed by atoms with E-state index in [1.807, 2.05) is 0 Å². The monoisotopic (exact) mass is 274 g/mol. The summed E-state index contributed by atoms with van der Waals surface area (Å²) in [6.07, 6.45) is -2.33. The second-order valence-electron chi connectivity index (χ2n) is 0.250. The summed E-state index contributed by atoms with van der Waals surface area (Å²) in [6, 6.07) is 0. The Hall–Kier alpha value is 0.751. The van der Waals surface area contributed by atoms with E-state index in [-0.39, 0.29) is 44.8 Å². The quantitative estimate of drug-likeness (QED) is 0.461. The van der Waals surface area contributed by atoms with Crippen molar-refractivity contribution in [3.8, 4) is 0 Å². The van der Waals surface area contributed by atoms with Gasteiger partial charge in [0.2, 0.25) is 0 Å². The summed E-state index contributed by atoms with van der Waals surface area (Å²) in [5, 5.41) is 16.7. The fraction of sp³-hybridized carbons (Fsp3) is 0. The van der Waals surface area contributed by atoms with Crippen LogP contribution in [0.15, 0.2) is 0 Å². The zero-order valence-electron chi connectivity index (χ0n) is 2.33. The second kappa shape index (κ2) is 9.23. The minimum atomic E-state index is -2.33. The molecule has 0 aliphatic rings. The van der Waals surface area contributed by atoms with Crippen LogP contribution >= 0.6 is 0 Å². The van der Waals surface area contributed by atoms with Gasteiger partial charge in [-0.15, -0.1) is 0 Å². The molecule has 0 N–H and O–H groups in total. The van der Waals surface area contributed by atoms with Gasteiger partial charge in [-0.3, -0.25) is 0 Å². The van der Waals surface area contributed by atoms with Crippen LogP contribution in [0.1, 0.15) is 0 Å². The predicted octanol–water partition coefficient (Wildman–Crippen LogP) is -2.45. The Morgan fingerprint density at radius 2 is 1.17 bits per heavy atom. The first kappa shape index (κ1) is 15.9. The van der Waals surface area contributed by atoms with Crippen LogP contribution in [-0.4, -0.2) is 6.16 Å². The topological polar surface area (TPSA) is 63.2 Å². The van der Waals surface area contributed by atoms with E-state index in [1.165, 1.54) is 0 Å². The molecule has 0 aliphatic heterocycles. The number of rotatable bonds is 0. The van der Waals surface area contributed by atoms with Gasteiger partial charge in [-0.2, -0.15) is 0 Å². The maximum Gasteiger partial charge on any atom is 0 e. The molecular weight excluding hydrogens is 276 g/mol. The molecule has 46 valence electrons. The van der Waals surface area contributed by atoms with E-state index in [4.69, 9.17) is 15.0 Å². The zero-order valence-corrected chi connectivity index (χ0v) is 5.29. The van der Waals surface area contributed by atoms with E-state index in [2.05, 4.69) is 0 Å². The molecule has 0 saturated heterocycles. The molecule has 0 unspecified atom stereocenters. The molecule has 0 bridgehead atoms. The Balaban J connectivity index is -0.0000000450. The van der Waals surface area contributed by atoms with Crippen LogP contribution < -0.4 is 10.2 Å². The first-order chi connectivity index (χ1) is 1.73. The summed E-state index contributed by atoms with van der Waals surface area (Å²) in [5.41, 5.74) is 0. The summed E-state index contributed by atoms with van der Waals surface area (Å²) in [5.74, 6) is 0. The van der Waals surface area contributed by atoms with Crippen molar-refractivity contribution in [1.82, 2.24) is 0 Å². The fourth-order valence-electron chi connectivity index (χ4n) is 0. The largest absolute Gasteiger partial charge is 0.652 e. The zero-order chi connectivity index (χ0) is 3.58. The van der Waals surface area contributed by atoms with Crippen molar-refractivity contribution >= 4 is 6.16 Å². The van der Waals surface area contributed by atoms with Gasteiger partial charge in [-0.25, -0.2) is 0 Å². The summed E-state index contributed by atoms with van der Waals surface area (Å²) >= 11 is 0. The normalized spacial score (nSPS) is 4.00. The van der Waals surface area contributed by atoms with E-state index in [0.717, 1.165) is 0 Å².